The molecule has 4 nitrogen and oxygen atoms in total. The van der Waals surface area contributed by atoms with E-state index in [1.54, 1.807) is 0 Å². The molecule has 0 spiro atoms. The maximum atomic E-state index is 4.65. The van der Waals surface area contributed by atoms with Crippen LogP contribution in [0.25, 0.3) is 70.9 Å². The van der Waals surface area contributed by atoms with Gasteiger partial charge < -0.3 is 4.57 Å². The van der Waals surface area contributed by atoms with Crippen molar-refractivity contribution >= 4 is 71.4 Å². The molecule has 10 aromatic rings. The topological polar surface area (TPSA) is 34.0 Å². The van der Waals surface area contributed by atoms with Gasteiger partial charge in [0, 0.05) is 39.9 Å². The Bertz CT molecular complexity index is 2710. The van der Waals surface area contributed by atoms with Crippen LogP contribution in [0.4, 0.5) is 17.3 Å². The van der Waals surface area contributed by atoms with Crippen LogP contribution in [0.3, 0.4) is 0 Å². The third-order valence-corrected chi connectivity index (χ3v) is 9.62. The van der Waals surface area contributed by atoms with E-state index in [0.29, 0.717) is 0 Å². The molecular formula is C44H28N4. The van der Waals surface area contributed by atoms with Crippen molar-refractivity contribution in [1.82, 2.24) is 14.5 Å². The number of hydrogen-bond donors (Lipinski definition) is 0. The Balaban J connectivity index is 1.19. The van der Waals surface area contributed by atoms with E-state index in [2.05, 4.69) is 141 Å². The lowest BCUT2D eigenvalue weighted by Gasteiger charge is -2.23. The molecule has 0 fully saturated rings. The second-order valence-electron chi connectivity index (χ2n) is 12.3. The van der Waals surface area contributed by atoms with E-state index in [-0.39, 0.29) is 0 Å². The minimum absolute atomic E-state index is 0.825. The van der Waals surface area contributed by atoms with Crippen molar-refractivity contribution in [3.05, 3.63) is 170 Å². The summed E-state index contributed by atoms with van der Waals surface area (Å²) in [4.78, 5) is 11.4. The van der Waals surface area contributed by atoms with Crippen LogP contribution in [0.2, 0.25) is 0 Å². The van der Waals surface area contributed by atoms with Gasteiger partial charge >= 0.3 is 0 Å². The number of aromatic nitrogens is 3. The number of pyridine rings is 2. The van der Waals surface area contributed by atoms with Crippen LogP contribution >= 0.6 is 0 Å². The molecular weight excluding hydrogens is 585 g/mol. The maximum Gasteiger partial charge on any atom is 0.138 e. The third kappa shape index (κ3) is 3.96. The van der Waals surface area contributed by atoms with Crippen molar-refractivity contribution in [1.29, 1.82) is 0 Å². The summed E-state index contributed by atoms with van der Waals surface area (Å²) in [6.07, 6.45) is 3.63. The lowest BCUT2D eigenvalue weighted by Crippen LogP contribution is -2.12. The quantitative estimate of drug-likeness (QED) is 0.181. The molecule has 3 heterocycles. The van der Waals surface area contributed by atoms with Gasteiger partial charge in [0.25, 0.3) is 0 Å². The largest absolute Gasteiger partial charge is 0.309 e. The molecule has 0 N–H and O–H groups in total. The number of anilines is 3. The molecule has 0 bridgehead atoms. The standard InChI is InChI=1S/C44H28N4/c1-2-10-32(11-3-1)47-39-13-5-4-12-35(39)38-28-31-17-16-30-20-23-34(36-24-25-37(44(38)47)43(31)42(30)36)29-18-21-33(22-19-29)48(40-14-6-8-26-45-40)41-15-7-9-27-46-41/h1-28H. The van der Waals surface area contributed by atoms with Gasteiger partial charge in [0.2, 0.25) is 0 Å². The van der Waals surface area contributed by atoms with Gasteiger partial charge in [-0.2, -0.15) is 0 Å². The predicted octanol–water partition coefficient (Wildman–Crippen LogP) is 11.6. The molecule has 0 amide bonds. The molecule has 0 radical (unpaired) electrons. The average Bonchev–Trinajstić information content (AvgIpc) is 3.49. The van der Waals surface area contributed by atoms with Crippen molar-refractivity contribution < 1.29 is 0 Å². The van der Waals surface area contributed by atoms with Gasteiger partial charge in [0.1, 0.15) is 11.6 Å². The smallest absolute Gasteiger partial charge is 0.138 e. The molecule has 0 aliphatic rings. The summed E-state index contributed by atoms with van der Waals surface area (Å²) >= 11 is 0. The van der Waals surface area contributed by atoms with E-state index in [9.17, 15) is 0 Å². The summed E-state index contributed by atoms with van der Waals surface area (Å²) in [5.74, 6) is 1.65. The van der Waals surface area contributed by atoms with Gasteiger partial charge in [-0.3, -0.25) is 4.90 Å². The minimum Gasteiger partial charge on any atom is -0.309 e. The van der Waals surface area contributed by atoms with Gasteiger partial charge in [-0.05, 0) is 98.7 Å². The number of para-hydroxylation sites is 2. The first kappa shape index (κ1) is 26.7. The number of fused-ring (bicyclic) bond motifs is 4. The molecule has 0 unspecified atom stereocenters. The van der Waals surface area contributed by atoms with Gasteiger partial charge in [-0.15, -0.1) is 0 Å². The van der Waals surface area contributed by atoms with Gasteiger partial charge in [0.15, 0.2) is 0 Å². The zero-order valence-corrected chi connectivity index (χ0v) is 26.0. The molecule has 0 aliphatic carbocycles. The molecule has 3 aromatic heterocycles. The highest BCUT2D eigenvalue weighted by atomic mass is 15.2. The second kappa shape index (κ2) is 10.5. The minimum atomic E-state index is 0.825. The lowest BCUT2D eigenvalue weighted by atomic mass is 9.89. The Morgan fingerprint density at radius 3 is 1.85 bits per heavy atom. The van der Waals surface area contributed by atoms with E-state index in [4.69, 9.17) is 0 Å². The van der Waals surface area contributed by atoms with Crippen molar-refractivity contribution in [2.75, 3.05) is 4.90 Å². The summed E-state index contributed by atoms with van der Waals surface area (Å²) in [6.45, 7) is 0. The van der Waals surface area contributed by atoms with Crippen LogP contribution in [0.1, 0.15) is 0 Å². The SMILES string of the molecule is c1ccc(-n2c3ccccc3c3cc4ccc5ccc(-c6ccc(N(c7ccccn7)c7ccccn7)cc6)c6ccc(c4c56)c32)cc1. The predicted molar refractivity (Wildman–Crippen MR) is 200 cm³/mol. The average molecular weight is 613 g/mol. The Morgan fingerprint density at radius 1 is 0.458 bits per heavy atom. The highest BCUT2D eigenvalue weighted by molar-refractivity contribution is 6.32. The van der Waals surface area contributed by atoms with Crippen LogP contribution in [-0.4, -0.2) is 14.5 Å². The second-order valence-corrected chi connectivity index (χ2v) is 12.3. The molecule has 7 aromatic carbocycles. The van der Waals surface area contributed by atoms with Crippen LogP contribution in [0, 0.1) is 0 Å². The Hall–Kier alpha value is -6.52. The first-order valence-corrected chi connectivity index (χ1v) is 16.3. The van der Waals surface area contributed by atoms with Crippen molar-refractivity contribution in [2.24, 2.45) is 0 Å². The van der Waals surface area contributed by atoms with Crippen molar-refractivity contribution in [3.8, 4) is 16.8 Å². The zero-order valence-electron chi connectivity index (χ0n) is 26.0. The monoisotopic (exact) mass is 612 g/mol. The highest BCUT2D eigenvalue weighted by Crippen LogP contribution is 2.45. The van der Waals surface area contributed by atoms with E-state index >= 15 is 0 Å². The summed E-state index contributed by atoms with van der Waals surface area (Å²) < 4.78 is 2.44. The van der Waals surface area contributed by atoms with E-state index < -0.39 is 0 Å². The van der Waals surface area contributed by atoms with Gasteiger partial charge in [-0.25, -0.2) is 9.97 Å². The van der Waals surface area contributed by atoms with Crippen LogP contribution in [0.5, 0.6) is 0 Å². The summed E-state index contributed by atoms with van der Waals surface area (Å²) in [6, 6.07) is 56.3. The molecule has 48 heavy (non-hydrogen) atoms. The van der Waals surface area contributed by atoms with Crippen LogP contribution < -0.4 is 4.90 Å². The third-order valence-electron chi connectivity index (χ3n) is 9.62. The number of benzene rings is 7. The molecule has 4 heteroatoms. The maximum absolute atomic E-state index is 4.65. The fourth-order valence-electron chi connectivity index (χ4n) is 7.57. The Morgan fingerprint density at radius 2 is 1.10 bits per heavy atom. The summed E-state index contributed by atoms with van der Waals surface area (Å²) in [7, 11) is 0. The van der Waals surface area contributed by atoms with Gasteiger partial charge in [0.05, 0.1) is 11.0 Å². The first-order chi connectivity index (χ1) is 23.8. The fourth-order valence-corrected chi connectivity index (χ4v) is 7.57. The van der Waals surface area contributed by atoms with Crippen LogP contribution in [0.15, 0.2) is 170 Å². The van der Waals surface area contributed by atoms with Crippen molar-refractivity contribution in [3.63, 3.8) is 0 Å². The molecule has 10 rings (SSSR count). The van der Waals surface area contributed by atoms with E-state index in [1.807, 2.05) is 48.8 Å². The summed E-state index contributed by atoms with van der Waals surface area (Å²) in [5.41, 5.74) is 7.04. The van der Waals surface area contributed by atoms with Gasteiger partial charge in [-0.1, -0.05) is 97.1 Å². The molecule has 0 atom stereocenters. The summed E-state index contributed by atoms with van der Waals surface area (Å²) in [5, 5.41) is 10.2. The molecule has 0 saturated carbocycles. The zero-order chi connectivity index (χ0) is 31.6. The van der Waals surface area contributed by atoms with Crippen LogP contribution in [-0.2, 0) is 0 Å². The first-order valence-electron chi connectivity index (χ1n) is 16.3. The Kier molecular flexibility index (Phi) is 5.84. The normalized spacial score (nSPS) is 11.8. The Labute approximate surface area is 277 Å². The lowest BCUT2D eigenvalue weighted by molar-refractivity contribution is 1.13. The molecule has 0 saturated heterocycles. The highest BCUT2D eigenvalue weighted by Gasteiger charge is 2.20. The number of nitrogens with zero attached hydrogens (tertiary/aromatic N) is 4. The van der Waals surface area contributed by atoms with E-state index in [1.165, 1.54) is 70.9 Å². The van der Waals surface area contributed by atoms with E-state index in [0.717, 1.165) is 17.3 Å². The number of rotatable bonds is 5. The fraction of sp³-hybridized carbons (Fsp3) is 0. The molecule has 0 aliphatic heterocycles. The number of hydrogen-bond acceptors (Lipinski definition) is 3. The molecule has 224 valence electrons. The van der Waals surface area contributed by atoms with Crippen molar-refractivity contribution in [2.45, 2.75) is 0 Å².